The molecule has 0 aliphatic carbocycles. The number of sulfone groups is 1. The number of rotatable bonds is 21. The van der Waals surface area contributed by atoms with Crippen LogP contribution in [0.15, 0.2) is 96.1 Å². The molecule has 2 aromatic heterocycles. The first-order valence-corrected chi connectivity index (χ1v) is 21.7. The highest BCUT2D eigenvalue weighted by molar-refractivity contribution is 7.91. The van der Waals surface area contributed by atoms with Gasteiger partial charge < -0.3 is 29.9 Å². The van der Waals surface area contributed by atoms with Crippen LogP contribution in [0.5, 0.6) is 11.5 Å². The van der Waals surface area contributed by atoms with Crippen LogP contribution in [0.1, 0.15) is 55.6 Å². The number of phenolic OH excluding ortho intramolecular Hbond substituents is 2. The maximum Gasteiger partial charge on any atom is 0.309 e. The van der Waals surface area contributed by atoms with Crippen molar-refractivity contribution in [1.82, 2.24) is 24.8 Å². The van der Waals surface area contributed by atoms with Gasteiger partial charge in [0.15, 0.2) is 9.84 Å². The molecule has 0 radical (unpaired) electrons. The van der Waals surface area contributed by atoms with Crippen LogP contribution in [0.25, 0.3) is 21.3 Å². The standard InChI is InChI=1S/C42H50FN5O7S2/c1-42(2,19-22-47-28-45-34-11-6-7-12-35(34)47)46-40(38(51)32-15-14-31(49)27-33(32)43)48-37-36(50)16-13-30(39(37)56-41(48)52)17-20-44-21-26-57(53,54)25-8-23-55-24-18-29-9-4-3-5-10-29/h3-7,9-16,27-28,38,40,44,46,49-51H,8,17-26H2,1-2H3. The maximum absolute atomic E-state index is 15.3. The summed E-state index contributed by atoms with van der Waals surface area (Å²) >= 11 is 0.902. The van der Waals surface area contributed by atoms with E-state index in [1.54, 1.807) is 12.4 Å². The molecule has 0 fully saturated rings. The van der Waals surface area contributed by atoms with Gasteiger partial charge in [0.1, 0.15) is 35.1 Å². The summed E-state index contributed by atoms with van der Waals surface area (Å²) in [6, 6.07) is 24.3. The lowest BCUT2D eigenvalue weighted by molar-refractivity contribution is 0.0697. The summed E-state index contributed by atoms with van der Waals surface area (Å²) in [7, 11) is -3.29. The number of hydrogen-bond donors (Lipinski definition) is 5. The topological polar surface area (TPSA) is 168 Å². The normalized spacial score (nSPS) is 13.4. The molecule has 304 valence electrons. The van der Waals surface area contributed by atoms with E-state index in [1.165, 1.54) is 28.3 Å². The quantitative estimate of drug-likeness (QED) is 0.0556. The zero-order chi connectivity index (χ0) is 40.6. The monoisotopic (exact) mass is 819 g/mol. The average molecular weight is 820 g/mol. The van der Waals surface area contributed by atoms with E-state index in [9.17, 15) is 28.5 Å². The van der Waals surface area contributed by atoms with E-state index >= 15 is 4.39 Å². The summed E-state index contributed by atoms with van der Waals surface area (Å²) in [5.41, 5.74) is 3.02. The van der Waals surface area contributed by atoms with Crippen LogP contribution in [0.4, 0.5) is 4.39 Å². The number of nitrogens with one attached hydrogen (secondary N) is 2. The zero-order valence-electron chi connectivity index (χ0n) is 32.1. The van der Waals surface area contributed by atoms with Crippen LogP contribution in [-0.2, 0) is 34.0 Å². The minimum atomic E-state index is -3.29. The molecule has 0 spiro atoms. The molecule has 2 atom stereocenters. The third-order valence-electron chi connectivity index (χ3n) is 10.0. The number of nitrogens with zero attached hydrogens (tertiary/aromatic N) is 3. The van der Waals surface area contributed by atoms with Crippen molar-refractivity contribution in [2.24, 2.45) is 0 Å². The van der Waals surface area contributed by atoms with Gasteiger partial charge in [0.2, 0.25) is 0 Å². The Hall–Kier alpha value is -4.64. The Labute approximate surface area is 335 Å². The number of aliphatic hydroxyl groups is 1. The average Bonchev–Trinajstić information content (AvgIpc) is 3.76. The summed E-state index contributed by atoms with van der Waals surface area (Å²) < 4.78 is 50.0. The Morgan fingerprint density at radius 3 is 2.51 bits per heavy atom. The smallest absolute Gasteiger partial charge is 0.309 e. The third-order valence-corrected chi connectivity index (χ3v) is 12.8. The summed E-state index contributed by atoms with van der Waals surface area (Å²) in [6.07, 6.45) is 1.04. The molecule has 6 aromatic rings. The summed E-state index contributed by atoms with van der Waals surface area (Å²) in [4.78, 5) is 17.9. The number of thiazole rings is 1. The lowest BCUT2D eigenvalue weighted by Gasteiger charge is -2.35. The third kappa shape index (κ3) is 10.9. The predicted molar refractivity (Wildman–Crippen MR) is 222 cm³/mol. The van der Waals surface area contributed by atoms with E-state index in [4.69, 9.17) is 4.74 Å². The Morgan fingerprint density at radius 2 is 1.72 bits per heavy atom. The van der Waals surface area contributed by atoms with Gasteiger partial charge in [-0.2, -0.15) is 0 Å². The van der Waals surface area contributed by atoms with Crippen LogP contribution < -0.4 is 15.5 Å². The molecule has 2 unspecified atom stereocenters. The summed E-state index contributed by atoms with van der Waals surface area (Å²) in [5, 5.41) is 39.5. The minimum absolute atomic E-state index is 0.0301. The predicted octanol–water partition coefficient (Wildman–Crippen LogP) is 5.85. The first-order chi connectivity index (χ1) is 27.3. The fourth-order valence-corrected chi connectivity index (χ4v) is 9.19. The number of fused-ring (bicyclic) bond motifs is 2. The first kappa shape index (κ1) is 42.0. The van der Waals surface area contributed by atoms with Gasteiger partial charge in [-0.15, -0.1) is 0 Å². The van der Waals surface area contributed by atoms with E-state index in [2.05, 4.69) is 15.6 Å². The highest BCUT2D eigenvalue weighted by atomic mass is 32.2. The van der Waals surface area contributed by atoms with Crippen molar-refractivity contribution in [1.29, 1.82) is 0 Å². The van der Waals surface area contributed by atoms with Crippen molar-refractivity contribution in [2.75, 3.05) is 37.8 Å². The van der Waals surface area contributed by atoms with Gasteiger partial charge in [-0.3, -0.25) is 14.7 Å². The molecule has 0 saturated heterocycles. The Balaban J connectivity index is 1.12. The number of aryl methyl sites for hydroxylation is 1. The number of phenols is 2. The molecule has 4 aromatic carbocycles. The fourth-order valence-electron chi connectivity index (χ4n) is 6.89. The van der Waals surface area contributed by atoms with Crippen molar-refractivity contribution in [3.8, 4) is 11.5 Å². The van der Waals surface area contributed by atoms with Crippen LogP contribution in [0.2, 0.25) is 0 Å². The van der Waals surface area contributed by atoms with Crippen LogP contribution in [0, 0.1) is 5.82 Å². The number of hydrogen-bond acceptors (Lipinski definition) is 11. The molecule has 12 nitrogen and oxygen atoms in total. The molecule has 0 amide bonds. The van der Waals surface area contributed by atoms with Crippen molar-refractivity contribution >= 4 is 42.4 Å². The molecule has 0 aliphatic rings. The largest absolute Gasteiger partial charge is 0.508 e. The number of ether oxygens (including phenoxy) is 1. The van der Waals surface area contributed by atoms with Crippen LogP contribution in [-0.4, -0.2) is 81.2 Å². The number of aliphatic hydroxyl groups excluding tert-OH is 1. The van der Waals surface area contributed by atoms with E-state index in [0.717, 1.165) is 40.4 Å². The highest BCUT2D eigenvalue weighted by Crippen LogP contribution is 2.37. The SMILES string of the molecule is CC(C)(CCn1cnc2ccccc21)NC(C(O)c1ccc(O)cc1F)n1c(=O)sc2c(CCNCCS(=O)(=O)CCCOCCc3ccccc3)ccc(O)c21. The molecule has 6 rings (SSSR count). The Morgan fingerprint density at radius 1 is 0.947 bits per heavy atom. The minimum Gasteiger partial charge on any atom is -0.508 e. The molecule has 0 bridgehead atoms. The second kappa shape index (κ2) is 18.7. The molecule has 0 aliphatic heterocycles. The number of halogens is 1. The number of aromatic nitrogens is 3. The molecule has 0 saturated carbocycles. The van der Waals surface area contributed by atoms with Crippen LogP contribution >= 0.6 is 11.3 Å². The van der Waals surface area contributed by atoms with Gasteiger partial charge in [0.25, 0.3) is 0 Å². The number of para-hydroxylation sites is 2. The second-order valence-electron chi connectivity index (χ2n) is 14.8. The Kier molecular flexibility index (Phi) is 13.8. The maximum atomic E-state index is 15.3. The van der Waals surface area contributed by atoms with Crippen molar-refractivity contribution < 1.29 is 32.9 Å². The van der Waals surface area contributed by atoms with Gasteiger partial charge >= 0.3 is 4.87 Å². The summed E-state index contributed by atoms with van der Waals surface area (Å²) in [5.74, 6) is -1.35. The van der Waals surface area contributed by atoms with Crippen molar-refractivity contribution in [2.45, 2.75) is 63.9 Å². The lowest BCUT2D eigenvalue weighted by Crippen LogP contribution is -2.48. The molecular formula is C42H50FN5O7S2. The molecule has 57 heavy (non-hydrogen) atoms. The van der Waals surface area contributed by atoms with Crippen molar-refractivity contribution in [3.05, 3.63) is 123 Å². The Bertz CT molecular complexity index is 2430. The second-order valence-corrected chi connectivity index (χ2v) is 18.1. The van der Waals surface area contributed by atoms with E-state index in [-0.39, 0.29) is 40.6 Å². The zero-order valence-corrected chi connectivity index (χ0v) is 33.7. The van der Waals surface area contributed by atoms with Gasteiger partial charge in [-0.05, 0) is 87.5 Å². The van der Waals surface area contributed by atoms with Gasteiger partial charge in [0, 0.05) is 36.9 Å². The van der Waals surface area contributed by atoms with Crippen LogP contribution in [0.3, 0.4) is 0 Å². The van der Waals surface area contributed by atoms with E-state index in [1.807, 2.05) is 73.0 Å². The molecule has 2 heterocycles. The number of benzene rings is 4. The number of imidazole rings is 1. The lowest BCUT2D eigenvalue weighted by atomic mass is 9.97. The highest BCUT2D eigenvalue weighted by Gasteiger charge is 2.34. The van der Waals surface area contributed by atoms with Crippen molar-refractivity contribution in [3.63, 3.8) is 0 Å². The first-order valence-electron chi connectivity index (χ1n) is 19.0. The van der Waals surface area contributed by atoms with Gasteiger partial charge in [0.05, 0.1) is 40.2 Å². The van der Waals surface area contributed by atoms with E-state index < -0.39 is 38.3 Å². The van der Waals surface area contributed by atoms with E-state index in [0.29, 0.717) is 50.3 Å². The molecular weight excluding hydrogens is 770 g/mol. The number of aromatic hydroxyl groups is 2. The fraction of sp³-hybridized carbons (Fsp3) is 0.381. The molecule has 15 heteroatoms. The molecule has 5 N–H and O–H groups in total. The van der Waals surface area contributed by atoms with Gasteiger partial charge in [-0.1, -0.05) is 59.9 Å². The summed E-state index contributed by atoms with van der Waals surface area (Å²) in [6.45, 7) is 5.93. The van der Waals surface area contributed by atoms with Gasteiger partial charge in [-0.25, -0.2) is 17.8 Å².